The van der Waals surface area contributed by atoms with E-state index < -0.39 is 0 Å². The maximum atomic E-state index is 12.1. The summed E-state index contributed by atoms with van der Waals surface area (Å²) < 4.78 is 1.92. The van der Waals surface area contributed by atoms with Gasteiger partial charge >= 0.3 is 0 Å². The number of amides is 1. The number of hydrogen-bond acceptors (Lipinski definition) is 3. The van der Waals surface area contributed by atoms with Crippen molar-refractivity contribution >= 4 is 17.2 Å². The summed E-state index contributed by atoms with van der Waals surface area (Å²) in [5, 5.41) is 9.48. The van der Waals surface area contributed by atoms with Crippen LogP contribution in [-0.4, -0.2) is 22.2 Å². The van der Waals surface area contributed by atoms with E-state index in [0.717, 1.165) is 12.3 Å². The minimum Gasteiger partial charge on any atom is -0.354 e. The van der Waals surface area contributed by atoms with Crippen LogP contribution in [0.1, 0.15) is 49.4 Å². The molecule has 1 N–H and O–H groups in total. The molecule has 0 aromatic carbocycles. The zero-order valence-corrected chi connectivity index (χ0v) is 13.6. The molecule has 2 aromatic heterocycles. The zero-order chi connectivity index (χ0) is 15.2. The minimum atomic E-state index is 0.0884. The lowest BCUT2D eigenvalue weighted by Gasteiger charge is -2.17. The Hall–Kier alpha value is -1.62. The minimum absolute atomic E-state index is 0.0884. The van der Waals surface area contributed by atoms with Crippen LogP contribution >= 0.6 is 11.3 Å². The van der Waals surface area contributed by atoms with E-state index in [1.165, 1.54) is 30.6 Å². The van der Waals surface area contributed by atoms with E-state index in [2.05, 4.69) is 21.9 Å². The average molecular weight is 317 g/mol. The summed E-state index contributed by atoms with van der Waals surface area (Å²) in [6.45, 7) is 0.603. The highest BCUT2D eigenvalue weighted by Crippen LogP contribution is 2.28. The Balaban J connectivity index is 1.52. The smallest absolute Gasteiger partial charge is 0.220 e. The number of nitrogens with one attached hydrogen (secondary N) is 1. The van der Waals surface area contributed by atoms with Crippen molar-refractivity contribution in [2.75, 3.05) is 6.54 Å². The molecule has 3 rings (SSSR count). The average Bonchev–Trinajstić information content (AvgIpc) is 3.27. The highest BCUT2D eigenvalue weighted by Gasteiger charge is 2.18. The maximum absolute atomic E-state index is 12.1. The second kappa shape index (κ2) is 7.58. The van der Waals surface area contributed by atoms with Crippen LogP contribution in [-0.2, 0) is 4.79 Å². The Morgan fingerprint density at radius 2 is 2.27 bits per heavy atom. The van der Waals surface area contributed by atoms with E-state index in [1.54, 1.807) is 17.5 Å². The van der Waals surface area contributed by atoms with Gasteiger partial charge < -0.3 is 5.32 Å². The number of rotatable bonds is 7. The predicted molar refractivity (Wildman–Crippen MR) is 88.9 cm³/mol. The second-order valence-corrected chi connectivity index (χ2v) is 6.99. The van der Waals surface area contributed by atoms with Crippen molar-refractivity contribution in [1.29, 1.82) is 0 Å². The molecule has 1 amide bonds. The Labute approximate surface area is 135 Å². The van der Waals surface area contributed by atoms with Crippen molar-refractivity contribution in [3.8, 4) is 0 Å². The molecule has 1 aliphatic carbocycles. The fraction of sp³-hybridized carbons (Fsp3) is 0.529. The number of carbonyl (C=O) groups is 1. The summed E-state index contributed by atoms with van der Waals surface area (Å²) in [6, 6.07) is 6.15. The van der Waals surface area contributed by atoms with Gasteiger partial charge in [-0.2, -0.15) is 5.10 Å². The van der Waals surface area contributed by atoms with Crippen LogP contribution in [0, 0.1) is 5.92 Å². The zero-order valence-electron chi connectivity index (χ0n) is 12.8. The molecule has 4 nitrogen and oxygen atoms in total. The van der Waals surface area contributed by atoms with Crippen LogP contribution in [0.15, 0.2) is 36.0 Å². The van der Waals surface area contributed by atoms with Gasteiger partial charge in [0.15, 0.2) is 0 Å². The van der Waals surface area contributed by atoms with Gasteiger partial charge in [-0.1, -0.05) is 31.7 Å². The van der Waals surface area contributed by atoms with Crippen molar-refractivity contribution in [3.05, 3.63) is 40.8 Å². The van der Waals surface area contributed by atoms with Gasteiger partial charge in [-0.3, -0.25) is 9.48 Å². The Morgan fingerprint density at radius 3 is 2.95 bits per heavy atom. The highest BCUT2D eigenvalue weighted by atomic mass is 32.1. The molecule has 0 saturated heterocycles. The first-order valence-corrected chi connectivity index (χ1v) is 9.00. The summed E-state index contributed by atoms with van der Waals surface area (Å²) >= 11 is 1.70. The molecule has 1 fully saturated rings. The van der Waals surface area contributed by atoms with Crippen LogP contribution < -0.4 is 5.32 Å². The van der Waals surface area contributed by atoms with Gasteiger partial charge in [-0.25, -0.2) is 0 Å². The molecule has 0 radical (unpaired) electrons. The Bertz CT molecular complexity index is 525. The molecule has 0 aliphatic heterocycles. The maximum Gasteiger partial charge on any atom is 0.220 e. The Kier molecular flexibility index (Phi) is 5.27. The van der Waals surface area contributed by atoms with E-state index in [-0.39, 0.29) is 11.9 Å². The quantitative estimate of drug-likeness (QED) is 0.848. The van der Waals surface area contributed by atoms with Crippen LogP contribution in [0.4, 0.5) is 0 Å². The number of thiophene rings is 1. The van der Waals surface area contributed by atoms with Crippen LogP contribution in [0.3, 0.4) is 0 Å². The topological polar surface area (TPSA) is 46.9 Å². The fourth-order valence-corrected chi connectivity index (χ4v) is 4.02. The molecule has 2 aromatic rings. The van der Waals surface area contributed by atoms with E-state index in [0.29, 0.717) is 13.0 Å². The molecule has 118 valence electrons. The summed E-state index contributed by atoms with van der Waals surface area (Å²) in [5.74, 6) is 0.936. The van der Waals surface area contributed by atoms with Gasteiger partial charge in [-0.05, 0) is 29.9 Å². The standard InChI is InChI=1S/C17H23N3OS/c21-17(9-8-14-5-1-2-6-14)18-13-15(16-7-3-12-22-16)20-11-4-10-19-20/h3-4,7,10-12,14-15H,1-2,5-6,8-9,13H2,(H,18,21). The fourth-order valence-electron chi connectivity index (χ4n) is 3.20. The normalized spacial score (nSPS) is 16.7. The molecule has 0 bridgehead atoms. The van der Waals surface area contributed by atoms with Gasteiger partial charge in [-0.15, -0.1) is 11.3 Å². The third-order valence-corrected chi connectivity index (χ3v) is 5.44. The molecule has 2 heterocycles. The molecule has 0 spiro atoms. The van der Waals surface area contributed by atoms with Gasteiger partial charge in [0.05, 0.1) is 0 Å². The third-order valence-electron chi connectivity index (χ3n) is 4.46. The lowest BCUT2D eigenvalue weighted by molar-refractivity contribution is -0.121. The third kappa shape index (κ3) is 3.97. The lowest BCUT2D eigenvalue weighted by Crippen LogP contribution is -2.31. The SMILES string of the molecule is O=C(CCC1CCCC1)NCC(c1cccs1)n1cccn1. The molecule has 5 heteroatoms. The van der Waals surface area contributed by atoms with E-state index >= 15 is 0 Å². The van der Waals surface area contributed by atoms with E-state index in [9.17, 15) is 4.79 Å². The van der Waals surface area contributed by atoms with Gasteiger partial charge in [0.25, 0.3) is 0 Å². The Morgan fingerprint density at radius 1 is 1.41 bits per heavy atom. The molecule has 1 saturated carbocycles. The molecule has 1 unspecified atom stereocenters. The number of nitrogens with zero attached hydrogens (tertiary/aromatic N) is 2. The molecule has 1 aliphatic rings. The predicted octanol–water partition coefficient (Wildman–Crippen LogP) is 3.62. The van der Waals surface area contributed by atoms with E-state index in [4.69, 9.17) is 0 Å². The van der Waals surface area contributed by atoms with Gasteiger partial charge in [0, 0.05) is 30.2 Å². The first kappa shape index (κ1) is 15.3. The number of hydrogen-bond donors (Lipinski definition) is 1. The van der Waals surface area contributed by atoms with Gasteiger partial charge in [0.2, 0.25) is 5.91 Å². The van der Waals surface area contributed by atoms with Crippen LogP contribution in [0.5, 0.6) is 0 Å². The van der Waals surface area contributed by atoms with Crippen molar-refractivity contribution in [2.45, 2.75) is 44.6 Å². The number of carbonyl (C=O) groups excluding carboxylic acids is 1. The van der Waals surface area contributed by atoms with Crippen LogP contribution in [0.25, 0.3) is 0 Å². The second-order valence-electron chi connectivity index (χ2n) is 6.01. The first-order chi connectivity index (χ1) is 10.8. The van der Waals surface area contributed by atoms with Crippen molar-refractivity contribution in [2.24, 2.45) is 5.92 Å². The highest BCUT2D eigenvalue weighted by molar-refractivity contribution is 7.10. The largest absolute Gasteiger partial charge is 0.354 e. The van der Waals surface area contributed by atoms with E-state index in [1.807, 2.05) is 23.0 Å². The van der Waals surface area contributed by atoms with Crippen molar-refractivity contribution in [3.63, 3.8) is 0 Å². The van der Waals surface area contributed by atoms with Crippen LogP contribution in [0.2, 0.25) is 0 Å². The molecule has 22 heavy (non-hydrogen) atoms. The molecular weight excluding hydrogens is 294 g/mol. The number of aromatic nitrogens is 2. The molecular formula is C17H23N3OS. The monoisotopic (exact) mass is 317 g/mol. The summed E-state index contributed by atoms with van der Waals surface area (Å²) in [4.78, 5) is 13.3. The van der Waals surface area contributed by atoms with Crippen molar-refractivity contribution < 1.29 is 4.79 Å². The van der Waals surface area contributed by atoms with Gasteiger partial charge in [0.1, 0.15) is 6.04 Å². The molecule has 1 atom stereocenters. The summed E-state index contributed by atoms with van der Waals surface area (Å²) in [5.41, 5.74) is 0. The lowest BCUT2D eigenvalue weighted by atomic mass is 10.0. The van der Waals surface area contributed by atoms with Crippen molar-refractivity contribution in [1.82, 2.24) is 15.1 Å². The summed E-state index contributed by atoms with van der Waals surface area (Å²) in [6.07, 6.45) is 10.7. The first-order valence-electron chi connectivity index (χ1n) is 8.12. The summed E-state index contributed by atoms with van der Waals surface area (Å²) in [7, 11) is 0.